The van der Waals surface area contributed by atoms with Gasteiger partial charge in [-0.3, -0.25) is 9.59 Å². The quantitative estimate of drug-likeness (QED) is 0.445. The third-order valence-electron chi connectivity index (χ3n) is 7.89. The van der Waals surface area contributed by atoms with Crippen LogP contribution in [0.2, 0.25) is 0 Å². The molecule has 0 saturated carbocycles. The fraction of sp³-hybridized carbons (Fsp3) is 0.267. The molecule has 1 N–H and O–H groups in total. The monoisotopic (exact) mass is 495 g/mol. The van der Waals surface area contributed by atoms with Crippen molar-refractivity contribution in [3.05, 3.63) is 95.2 Å². The number of hydrogen-bond donors (Lipinski definition) is 1. The highest BCUT2D eigenvalue weighted by Crippen LogP contribution is 2.49. The molecule has 3 heterocycles. The third kappa shape index (κ3) is 3.41. The van der Waals surface area contributed by atoms with Crippen LogP contribution < -0.4 is 9.47 Å². The summed E-state index contributed by atoms with van der Waals surface area (Å²) >= 11 is 0. The Morgan fingerprint density at radius 3 is 2.38 bits per heavy atom. The SMILES string of the molecule is COc1ccccc1CN1CC(=O)N2C[C@H](c3ccccc3OC)c3c([nH]c4ccccc34)[C@@]2(C)C1=O. The molecule has 0 radical (unpaired) electrons. The fourth-order valence-electron chi connectivity index (χ4n) is 6.08. The summed E-state index contributed by atoms with van der Waals surface area (Å²) in [6.45, 7) is 2.57. The number of nitrogens with one attached hydrogen (secondary N) is 1. The van der Waals surface area contributed by atoms with Crippen LogP contribution in [-0.2, 0) is 21.7 Å². The van der Waals surface area contributed by atoms with Gasteiger partial charge in [0.25, 0.3) is 5.91 Å². The van der Waals surface area contributed by atoms with Crippen LogP contribution in [0.3, 0.4) is 0 Å². The lowest BCUT2D eigenvalue weighted by Crippen LogP contribution is -2.67. The summed E-state index contributed by atoms with van der Waals surface area (Å²) in [6.07, 6.45) is 0. The lowest BCUT2D eigenvalue weighted by atomic mass is 9.76. The summed E-state index contributed by atoms with van der Waals surface area (Å²) in [6, 6.07) is 23.6. The molecule has 6 rings (SSSR count). The number of fused-ring (bicyclic) bond motifs is 5. The first-order valence-corrected chi connectivity index (χ1v) is 12.4. The molecule has 2 aliphatic heterocycles. The number of aromatic nitrogens is 1. The van der Waals surface area contributed by atoms with E-state index < -0.39 is 5.54 Å². The van der Waals surface area contributed by atoms with E-state index in [1.54, 1.807) is 24.0 Å². The number of para-hydroxylation sites is 3. The first kappa shape index (κ1) is 23.2. The van der Waals surface area contributed by atoms with Crippen molar-refractivity contribution >= 4 is 22.7 Å². The second kappa shape index (κ2) is 8.69. The van der Waals surface area contributed by atoms with Crippen molar-refractivity contribution in [1.82, 2.24) is 14.8 Å². The first-order chi connectivity index (χ1) is 18.0. The number of methoxy groups -OCH3 is 2. The lowest BCUT2D eigenvalue weighted by Gasteiger charge is -2.51. The lowest BCUT2D eigenvalue weighted by molar-refractivity contribution is -0.167. The molecule has 3 aromatic carbocycles. The van der Waals surface area contributed by atoms with Gasteiger partial charge in [-0.25, -0.2) is 0 Å². The second-order valence-electron chi connectivity index (χ2n) is 9.80. The van der Waals surface area contributed by atoms with Gasteiger partial charge in [0.2, 0.25) is 5.91 Å². The summed E-state index contributed by atoms with van der Waals surface area (Å²) in [5, 5.41) is 1.05. The number of rotatable bonds is 5. The minimum Gasteiger partial charge on any atom is -0.496 e. The number of carbonyl (C=O) groups excluding carboxylic acids is 2. The minimum atomic E-state index is -1.16. The van der Waals surface area contributed by atoms with Crippen molar-refractivity contribution in [2.75, 3.05) is 27.3 Å². The van der Waals surface area contributed by atoms with Crippen molar-refractivity contribution < 1.29 is 19.1 Å². The van der Waals surface area contributed by atoms with E-state index in [1.165, 1.54) is 0 Å². The summed E-state index contributed by atoms with van der Waals surface area (Å²) in [7, 11) is 3.27. The van der Waals surface area contributed by atoms with Gasteiger partial charge in [0, 0.05) is 41.0 Å². The molecule has 1 saturated heterocycles. The Bertz CT molecular complexity index is 1530. The number of piperazine rings is 1. The highest BCUT2D eigenvalue weighted by molar-refractivity contribution is 6.01. The second-order valence-corrected chi connectivity index (χ2v) is 9.80. The van der Waals surface area contributed by atoms with Gasteiger partial charge in [0.15, 0.2) is 5.54 Å². The maximum Gasteiger partial charge on any atom is 0.255 e. The van der Waals surface area contributed by atoms with E-state index in [-0.39, 0.29) is 24.3 Å². The molecule has 37 heavy (non-hydrogen) atoms. The van der Waals surface area contributed by atoms with E-state index in [0.717, 1.165) is 39.0 Å². The molecule has 2 amide bonds. The summed E-state index contributed by atoms with van der Waals surface area (Å²) < 4.78 is 11.2. The molecule has 4 aromatic rings. The molecule has 1 aromatic heterocycles. The highest BCUT2D eigenvalue weighted by Gasteiger charge is 2.56. The van der Waals surface area contributed by atoms with Gasteiger partial charge in [-0.2, -0.15) is 0 Å². The number of benzene rings is 3. The van der Waals surface area contributed by atoms with Gasteiger partial charge in [-0.15, -0.1) is 0 Å². The van der Waals surface area contributed by atoms with E-state index in [0.29, 0.717) is 18.8 Å². The van der Waals surface area contributed by atoms with Crippen molar-refractivity contribution in [1.29, 1.82) is 0 Å². The van der Waals surface area contributed by atoms with Crippen LogP contribution >= 0.6 is 0 Å². The molecule has 0 unspecified atom stereocenters. The number of ether oxygens (including phenoxy) is 2. The van der Waals surface area contributed by atoms with E-state index in [9.17, 15) is 9.59 Å². The van der Waals surface area contributed by atoms with Gasteiger partial charge < -0.3 is 24.3 Å². The number of H-pyrrole nitrogens is 1. The van der Waals surface area contributed by atoms with Gasteiger partial charge in [-0.1, -0.05) is 54.6 Å². The summed E-state index contributed by atoms with van der Waals surface area (Å²) in [5.74, 6) is 1.13. The molecule has 188 valence electrons. The van der Waals surface area contributed by atoms with E-state index in [4.69, 9.17) is 9.47 Å². The molecule has 7 nitrogen and oxygen atoms in total. The topological polar surface area (TPSA) is 74.9 Å². The maximum absolute atomic E-state index is 14.3. The number of carbonyl (C=O) groups is 2. The van der Waals surface area contributed by atoms with E-state index in [1.807, 2.05) is 73.7 Å². The molecule has 7 heteroatoms. The molecule has 0 spiro atoms. The van der Waals surface area contributed by atoms with Crippen LogP contribution in [0, 0.1) is 0 Å². The van der Waals surface area contributed by atoms with Crippen LogP contribution in [0.25, 0.3) is 10.9 Å². The zero-order chi connectivity index (χ0) is 25.7. The third-order valence-corrected chi connectivity index (χ3v) is 7.89. The zero-order valence-corrected chi connectivity index (χ0v) is 21.2. The van der Waals surface area contributed by atoms with Crippen LogP contribution in [0.5, 0.6) is 11.5 Å². The molecular weight excluding hydrogens is 466 g/mol. The molecule has 1 fully saturated rings. The fourth-order valence-corrected chi connectivity index (χ4v) is 6.08. The van der Waals surface area contributed by atoms with Crippen LogP contribution in [0.4, 0.5) is 0 Å². The summed E-state index contributed by atoms with van der Waals surface area (Å²) in [5.41, 5.74) is 3.44. The maximum atomic E-state index is 14.3. The molecule has 0 bridgehead atoms. The molecular formula is C30H29N3O4. The summed E-state index contributed by atoms with van der Waals surface area (Å²) in [4.78, 5) is 35.0. The van der Waals surface area contributed by atoms with Crippen LogP contribution in [0.15, 0.2) is 72.8 Å². The molecule has 2 atom stereocenters. The predicted molar refractivity (Wildman–Crippen MR) is 141 cm³/mol. The zero-order valence-electron chi connectivity index (χ0n) is 21.2. The Morgan fingerprint density at radius 2 is 1.59 bits per heavy atom. The largest absolute Gasteiger partial charge is 0.496 e. The number of nitrogens with zero attached hydrogens (tertiary/aromatic N) is 2. The molecule has 2 aliphatic rings. The van der Waals surface area contributed by atoms with Crippen LogP contribution in [0.1, 0.15) is 35.2 Å². The van der Waals surface area contributed by atoms with Gasteiger partial charge in [-0.05, 0) is 30.7 Å². The Hall–Kier alpha value is -4.26. The Kier molecular flexibility index (Phi) is 5.44. The predicted octanol–water partition coefficient (Wildman–Crippen LogP) is 4.42. The Morgan fingerprint density at radius 1 is 0.919 bits per heavy atom. The van der Waals surface area contributed by atoms with Gasteiger partial charge in [0.1, 0.15) is 18.0 Å². The Labute approximate surface area is 215 Å². The number of aromatic amines is 1. The number of hydrogen-bond acceptors (Lipinski definition) is 4. The standard InChI is InChI=1S/C30H29N3O4/c1-30-28-27(21-12-5-7-13-23(21)31-28)22(20-11-6-9-15-25(20)37-3)17-33(30)26(34)18-32(29(30)35)16-19-10-4-8-14-24(19)36-2/h4-15,22,31H,16-18H2,1-3H3/t22-,30+/m1/s1. The van der Waals surface area contributed by atoms with Crippen molar-refractivity contribution in [2.45, 2.75) is 24.9 Å². The van der Waals surface area contributed by atoms with E-state index in [2.05, 4.69) is 11.1 Å². The van der Waals surface area contributed by atoms with Gasteiger partial charge in [0.05, 0.1) is 19.9 Å². The average molecular weight is 496 g/mol. The smallest absolute Gasteiger partial charge is 0.255 e. The Balaban J connectivity index is 1.51. The van der Waals surface area contributed by atoms with E-state index >= 15 is 0 Å². The van der Waals surface area contributed by atoms with Crippen molar-refractivity contribution in [3.8, 4) is 11.5 Å². The van der Waals surface area contributed by atoms with Crippen molar-refractivity contribution in [3.63, 3.8) is 0 Å². The highest BCUT2D eigenvalue weighted by atomic mass is 16.5. The average Bonchev–Trinajstić information content (AvgIpc) is 3.33. The number of amides is 2. The minimum absolute atomic E-state index is 0.0146. The van der Waals surface area contributed by atoms with Gasteiger partial charge >= 0.3 is 0 Å². The van der Waals surface area contributed by atoms with Crippen molar-refractivity contribution in [2.24, 2.45) is 0 Å². The first-order valence-electron chi connectivity index (χ1n) is 12.4. The van der Waals surface area contributed by atoms with Crippen LogP contribution in [-0.4, -0.2) is 53.9 Å². The normalized spacial score (nSPS) is 21.1. The molecule has 0 aliphatic carbocycles.